The molecule has 4 nitrogen and oxygen atoms in total. The molecule has 4 heteroatoms. The third-order valence-corrected chi connectivity index (χ3v) is 5.71. The summed E-state index contributed by atoms with van der Waals surface area (Å²) in [4.78, 5) is 11.2. The monoisotopic (exact) mass is 404 g/mol. The van der Waals surface area contributed by atoms with E-state index in [1.807, 2.05) is 24.4 Å². The van der Waals surface area contributed by atoms with Crippen LogP contribution in [0, 0.1) is 18.3 Å². The molecule has 1 aliphatic rings. The van der Waals surface area contributed by atoms with E-state index in [0.717, 1.165) is 35.2 Å². The number of fused-ring (bicyclic) bond motifs is 1. The number of allylic oxidation sites excluding steroid dienone is 5. The van der Waals surface area contributed by atoms with Gasteiger partial charge in [-0.3, -0.25) is 4.98 Å². The van der Waals surface area contributed by atoms with Crippen molar-refractivity contribution in [3.63, 3.8) is 0 Å². The van der Waals surface area contributed by atoms with E-state index in [4.69, 9.17) is 4.98 Å². The molecule has 0 saturated heterocycles. The van der Waals surface area contributed by atoms with Crippen molar-refractivity contribution in [2.24, 2.45) is 0 Å². The van der Waals surface area contributed by atoms with Gasteiger partial charge in [-0.15, -0.1) is 0 Å². The highest BCUT2D eigenvalue weighted by molar-refractivity contribution is 5.91. The zero-order valence-electron chi connectivity index (χ0n) is 17.8. The minimum absolute atomic E-state index is 0.389. The second kappa shape index (κ2) is 8.81. The second-order valence-corrected chi connectivity index (χ2v) is 7.53. The Balaban J connectivity index is 1.94. The molecular weight excluding hydrogens is 380 g/mol. The maximum absolute atomic E-state index is 9.54. The number of benzene rings is 1. The van der Waals surface area contributed by atoms with Gasteiger partial charge in [0.1, 0.15) is 11.8 Å². The molecule has 152 valence electrons. The fourth-order valence-corrected chi connectivity index (χ4v) is 4.12. The second-order valence-electron chi connectivity index (χ2n) is 7.53. The van der Waals surface area contributed by atoms with Gasteiger partial charge in [0.25, 0.3) is 0 Å². The van der Waals surface area contributed by atoms with Gasteiger partial charge in [0.15, 0.2) is 0 Å². The topological polar surface area (TPSA) is 52.8 Å². The van der Waals surface area contributed by atoms with E-state index in [-0.39, 0.29) is 0 Å². The lowest BCUT2D eigenvalue weighted by atomic mass is 9.89. The summed E-state index contributed by atoms with van der Waals surface area (Å²) in [6.07, 6.45) is 9.19. The van der Waals surface area contributed by atoms with Crippen LogP contribution in [0.25, 0.3) is 11.1 Å². The third kappa shape index (κ3) is 3.91. The fourth-order valence-electron chi connectivity index (χ4n) is 4.12. The molecule has 0 aliphatic heterocycles. The highest BCUT2D eigenvalue weighted by Crippen LogP contribution is 2.37. The number of aryl methyl sites for hydroxylation is 2. The molecule has 0 fully saturated rings. The largest absolute Gasteiger partial charge is 0.347 e. The summed E-state index contributed by atoms with van der Waals surface area (Å²) in [6.45, 7) is 6.14. The smallest absolute Gasteiger partial charge is 0.148 e. The van der Waals surface area contributed by atoms with E-state index >= 15 is 0 Å². The highest BCUT2D eigenvalue weighted by Gasteiger charge is 2.23. The number of hydrogen-bond acceptors (Lipinski definition) is 4. The first-order chi connectivity index (χ1) is 15.1. The number of para-hydroxylation sites is 1. The average molecular weight is 405 g/mol. The highest BCUT2D eigenvalue weighted by atomic mass is 15.1. The molecule has 2 heterocycles. The SMILES string of the molecule is C=C/C(=C\C1=C(N(C)c2ccccc2C)CCc2cccnc21)c1cccnc1C#N. The number of hydrogen-bond donors (Lipinski definition) is 0. The summed E-state index contributed by atoms with van der Waals surface area (Å²) in [5.74, 6) is 0. The van der Waals surface area contributed by atoms with E-state index in [9.17, 15) is 5.26 Å². The quantitative estimate of drug-likeness (QED) is 0.510. The summed E-state index contributed by atoms with van der Waals surface area (Å²) >= 11 is 0. The van der Waals surface area contributed by atoms with Crippen LogP contribution in [-0.2, 0) is 6.42 Å². The van der Waals surface area contributed by atoms with Crippen LogP contribution in [0.5, 0.6) is 0 Å². The predicted molar refractivity (Wildman–Crippen MR) is 126 cm³/mol. The molecule has 0 unspecified atom stereocenters. The summed E-state index contributed by atoms with van der Waals surface area (Å²) in [5.41, 5.74) is 8.86. The third-order valence-electron chi connectivity index (χ3n) is 5.71. The van der Waals surface area contributed by atoms with E-state index < -0.39 is 0 Å². The number of anilines is 1. The van der Waals surface area contributed by atoms with Gasteiger partial charge in [-0.1, -0.05) is 36.9 Å². The van der Waals surface area contributed by atoms with Crippen molar-refractivity contribution in [1.29, 1.82) is 5.26 Å². The summed E-state index contributed by atoms with van der Waals surface area (Å²) < 4.78 is 0. The Morgan fingerprint density at radius 3 is 2.61 bits per heavy atom. The summed E-state index contributed by atoms with van der Waals surface area (Å²) in [6, 6.07) is 18.5. The Kier molecular flexibility index (Phi) is 5.77. The number of nitriles is 1. The molecule has 0 atom stereocenters. The summed E-state index contributed by atoms with van der Waals surface area (Å²) in [5, 5.41) is 9.54. The lowest BCUT2D eigenvalue weighted by molar-refractivity contribution is 0.857. The van der Waals surface area contributed by atoms with Crippen molar-refractivity contribution in [2.75, 3.05) is 11.9 Å². The Morgan fingerprint density at radius 1 is 1.06 bits per heavy atom. The van der Waals surface area contributed by atoms with Crippen molar-refractivity contribution in [1.82, 2.24) is 9.97 Å². The molecular formula is C27H24N4. The lowest BCUT2D eigenvalue weighted by Crippen LogP contribution is -2.22. The molecule has 1 aliphatic carbocycles. The van der Waals surface area contributed by atoms with E-state index in [2.05, 4.69) is 72.9 Å². The van der Waals surface area contributed by atoms with Gasteiger partial charge in [0.2, 0.25) is 0 Å². The van der Waals surface area contributed by atoms with Gasteiger partial charge >= 0.3 is 0 Å². The van der Waals surface area contributed by atoms with Gasteiger partial charge in [0, 0.05) is 42.0 Å². The molecule has 4 rings (SSSR count). The molecule has 0 spiro atoms. The molecule has 31 heavy (non-hydrogen) atoms. The van der Waals surface area contributed by atoms with E-state index in [1.54, 1.807) is 12.3 Å². The van der Waals surface area contributed by atoms with Crippen LogP contribution in [-0.4, -0.2) is 17.0 Å². The van der Waals surface area contributed by atoms with Crippen LogP contribution in [0.1, 0.15) is 34.5 Å². The van der Waals surface area contributed by atoms with Crippen LogP contribution in [0.4, 0.5) is 5.69 Å². The van der Waals surface area contributed by atoms with Crippen LogP contribution in [0.15, 0.2) is 85.4 Å². The minimum Gasteiger partial charge on any atom is -0.347 e. The van der Waals surface area contributed by atoms with Gasteiger partial charge < -0.3 is 4.90 Å². The Hall–Kier alpha value is -3.97. The van der Waals surface area contributed by atoms with E-state index in [0.29, 0.717) is 5.69 Å². The predicted octanol–water partition coefficient (Wildman–Crippen LogP) is 5.72. The molecule has 3 aromatic rings. The normalized spacial score (nSPS) is 13.4. The van der Waals surface area contributed by atoms with Crippen LogP contribution >= 0.6 is 0 Å². The first-order valence-corrected chi connectivity index (χ1v) is 10.3. The van der Waals surface area contributed by atoms with Gasteiger partial charge in [-0.25, -0.2) is 4.98 Å². The number of nitrogens with zero attached hydrogens (tertiary/aromatic N) is 4. The van der Waals surface area contributed by atoms with Crippen LogP contribution < -0.4 is 4.90 Å². The molecule has 0 bridgehead atoms. The molecule has 2 aromatic heterocycles. The zero-order chi connectivity index (χ0) is 21.8. The van der Waals surface area contributed by atoms with Gasteiger partial charge in [-0.05, 0) is 66.8 Å². The first kappa shape index (κ1) is 20.3. The maximum Gasteiger partial charge on any atom is 0.148 e. The van der Waals surface area contributed by atoms with Crippen molar-refractivity contribution in [3.8, 4) is 6.07 Å². The molecule has 0 amide bonds. The molecule has 1 aromatic carbocycles. The first-order valence-electron chi connectivity index (χ1n) is 10.3. The molecule has 0 radical (unpaired) electrons. The van der Waals surface area contributed by atoms with Crippen LogP contribution in [0.3, 0.4) is 0 Å². The Morgan fingerprint density at radius 2 is 1.84 bits per heavy atom. The fraction of sp³-hybridized carbons (Fsp3) is 0.148. The Bertz CT molecular complexity index is 1240. The van der Waals surface area contributed by atoms with Crippen LogP contribution in [0.2, 0.25) is 0 Å². The van der Waals surface area contributed by atoms with Crippen molar-refractivity contribution >= 4 is 16.8 Å². The number of aromatic nitrogens is 2. The zero-order valence-corrected chi connectivity index (χ0v) is 17.8. The summed E-state index contributed by atoms with van der Waals surface area (Å²) in [7, 11) is 2.11. The average Bonchev–Trinajstić information content (AvgIpc) is 2.82. The van der Waals surface area contributed by atoms with Gasteiger partial charge in [-0.2, -0.15) is 5.26 Å². The van der Waals surface area contributed by atoms with E-state index in [1.165, 1.54) is 22.5 Å². The molecule has 0 N–H and O–H groups in total. The molecule has 0 saturated carbocycles. The minimum atomic E-state index is 0.389. The lowest BCUT2D eigenvalue weighted by Gasteiger charge is -2.30. The maximum atomic E-state index is 9.54. The standard InChI is InChI=1S/C27H24N4/c1-4-20(22-11-8-15-29-24(22)18-28)17-23-26(14-13-21-10-7-16-30-27(21)23)31(3)25-12-6-5-9-19(25)2/h4-12,15-17H,1,13-14H2,2-3H3/b20-17+. The van der Waals surface area contributed by atoms with Crippen molar-refractivity contribution in [2.45, 2.75) is 19.8 Å². The Labute approximate surface area is 183 Å². The van der Waals surface area contributed by atoms with Crippen molar-refractivity contribution < 1.29 is 0 Å². The number of pyridine rings is 2. The number of rotatable bonds is 5. The van der Waals surface area contributed by atoms with Crippen molar-refractivity contribution in [3.05, 3.63) is 113 Å². The van der Waals surface area contributed by atoms with Gasteiger partial charge in [0.05, 0.1) is 5.69 Å².